The fraction of sp³-hybridized carbons (Fsp3) is 0.667. The molecule has 1 saturated heterocycles. The van der Waals surface area contributed by atoms with Crippen molar-refractivity contribution < 1.29 is 24.5 Å². The maximum Gasteiger partial charge on any atom is 0.348 e. The summed E-state index contributed by atoms with van der Waals surface area (Å²) in [5.41, 5.74) is 0.199. The van der Waals surface area contributed by atoms with Crippen molar-refractivity contribution in [2.75, 3.05) is 11.5 Å². The highest BCUT2D eigenvalue weighted by molar-refractivity contribution is 7.15. The van der Waals surface area contributed by atoms with Gasteiger partial charge in [-0.05, 0) is 52.5 Å². The van der Waals surface area contributed by atoms with E-state index in [1.165, 1.54) is 6.42 Å². The van der Waals surface area contributed by atoms with Gasteiger partial charge in [0.2, 0.25) is 0 Å². The number of hydrogen-bond donors (Lipinski definition) is 2. The molecule has 0 radical (unpaired) electrons. The average molecular weight is 448 g/mol. The lowest BCUT2D eigenvalue weighted by atomic mass is 9.82. The summed E-state index contributed by atoms with van der Waals surface area (Å²) in [4.78, 5) is 28.0. The number of morpholine rings is 1. The van der Waals surface area contributed by atoms with E-state index in [0.29, 0.717) is 17.2 Å². The van der Waals surface area contributed by atoms with Crippen molar-refractivity contribution in [3.8, 4) is 11.8 Å². The highest BCUT2D eigenvalue weighted by Gasteiger charge is 2.43. The van der Waals surface area contributed by atoms with Gasteiger partial charge in [0.1, 0.15) is 11.0 Å². The molecule has 1 saturated carbocycles. The van der Waals surface area contributed by atoms with Crippen LogP contribution in [-0.4, -0.2) is 46.9 Å². The molecule has 0 unspecified atom stereocenters. The summed E-state index contributed by atoms with van der Waals surface area (Å²) in [7, 11) is 0. The maximum absolute atomic E-state index is 13.5. The Morgan fingerprint density at radius 3 is 2.58 bits per heavy atom. The first kappa shape index (κ1) is 23.8. The van der Waals surface area contributed by atoms with Crippen LogP contribution < -0.4 is 4.90 Å². The number of carboxylic acids is 1. The van der Waals surface area contributed by atoms with Crippen LogP contribution in [0.3, 0.4) is 0 Å². The number of aromatic carboxylic acids is 1. The van der Waals surface area contributed by atoms with E-state index in [-0.39, 0.29) is 34.6 Å². The Labute approximate surface area is 188 Å². The molecule has 2 fully saturated rings. The van der Waals surface area contributed by atoms with E-state index in [4.69, 9.17) is 4.74 Å². The van der Waals surface area contributed by atoms with Crippen molar-refractivity contribution in [2.45, 2.75) is 84.5 Å². The molecule has 6 nitrogen and oxygen atoms in total. The molecular formula is C24H33NO5S. The highest BCUT2D eigenvalue weighted by Crippen LogP contribution is 2.39. The number of thiophene rings is 1. The number of ether oxygens (including phenoxy) is 1. The number of anilines is 1. The third kappa shape index (κ3) is 5.88. The molecule has 3 rings (SSSR count). The van der Waals surface area contributed by atoms with Gasteiger partial charge in [-0.3, -0.25) is 4.79 Å². The van der Waals surface area contributed by atoms with Crippen LogP contribution in [-0.2, 0) is 9.53 Å². The summed E-state index contributed by atoms with van der Waals surface area (Å²) >= 11 is 1.11. The van der Waals surface area contributed by atoms with Crippen LogP contribution in [0.15, 0.2) is 6.07 Å². The number of amides is 1. The van der Waals surface area contributed by atoms with E-state index >= 15 is 0 Å². The number of nitrogens with zero attached hydrogens (tertiary/aromatic N) is 1. The zero-order valence-electron chi connectivity index (χ0n) is 18.8. The zero-order valence-corrected chi connectivity index (χ0v) is 19.6. The summed E-state index contributed by atoms with van der Waals surface area (Å²) in [5.74, 6) is 5.19. The van der Waals surface area contributed by atoms with E-state index in [2.05, 4.69) is 11.8 Å². The molecule has 1 aliphatic carbocycles. The first-order valence-electron chi connectivity index (χ1n) is 11.1. The van der Waals surface area contributed by atoms with Crippen LogP contribution in [0.5, 0.6) is 0 Å². The molecule has 2 N–H and O–H groups in total. The lowest BCUT2D eigenvalue weighted by molar-refractivity contribution is -0.139. The van der Waals surface area contributed by atoms with Gasteiger partial charge in [0.05, 0.1) is 29.3 Å². The van der Waals surface area contributed by atoms with E-state index in [0.717, 1.165) is 37.0 Å². The van der Waals surface area contributed by atoms with Crippen LogP contribution in [0.25, 0.3) is 0 Å². The Morgan fingerprint density at radius 2 is 2.00 bits per heavy atom. The van der Waals surface area contributed by atoms with Crippen molar-refractivity contribution in [3.63, 3.8) is 0 Å². The first-order chi connectivity index (χ1) is 14.6. The van der Waals surface area contributed by atoms with Gasteiger partial charge in [0, 0.05) is 11.8 Å². The van der Waals surface area contributed by atoms with Crippen molar-refractivity contribution >= 4 is 28.9 Å². The van der Waals surface area contributed by atoms with Crippen LogP contribution in [0, 0.1) is 23.2 Å². The van der Waals surface area contributed by atoms with Crippen molar-refractivity contribution in [2.24, 2.45) is 11.3 Å². The van der Waals surface area contributed by atoms with Gasteiger partial charge < -0.3 is 19.8 Å². The zero-order chi connectivity index (χ0) is 22.8. The first-order valence-corrected chi connectivity index (χ1v) is 11.9. The second-order valence-electron chi connectivity index (χ2n) is 9.71. The monoisotopic (exact) mass is 447 g/mol. The lowest BCUT2D eigenvalue weighted by Crippen LogP contribution is -2.57. The van der Waals surface area contributed by atoms with Crippen molar-refractivity contribution in [1.29, 1.82) is 0 Å². The van der Waals surface area contributed by atoms with E-state index in [9.17, 15) is 19.8 Å². The standard InChI is InChI=1S/C24H33NO5S/c1-15(26)12-20-22(27)25(19(14-30-20)16-8-6-5-7-9-16)18-13-17(10-11-24(2,3)4)31-21(18)23(28)29/h13,15-16,19-20,26H,5-9,12,14H2,1-4H3,(H,28,29)/t15-,19+,20-/m1/s1. The lowest BCUT2D eigenvalue weighted by Gasteiger charge is -2.44. The molecule has 3 atom stereocenters. The normalized spacial score (nSPS) is 23.9. The number of aliphatic hydroxyl groups excluding tert-OH is 1. The molecule has 0 bridgehead atoms. The Balaban J connectivity index is 2.03. The Bertz CT molecular complexity index is 867. The molecule has 7 heteroatoms. The van der Waals surface area contributed by atoms with Gasteiger partial charge in [-0.2, -0.15) is 0 Å². The summed E-state index contributed by atoms with van der Waals surface area (Å²) in [6.07, 6.45) is 4.15. The third-order valence-electron chi connectivity index (χ3n) is 5.79. The number of rotatable bonds is 5. The van der Waals surface area contributed by atoms with Gasteiger partial charge in [-0.1, -0.05) is 31.1 Å². The SMILES string of the molecule is C[C@@H](O)C[C@H]1OC[C@@H](C2CCCCC2)N(c2cc(C#CC(C)(C)C)sc2C(=O)O)C1=O. The second-order valence-corrected chi connectivity index (χ2v) is 10.8. The number of hydrogen-bond acceptors (Lipinski definition) is 5. The van der Waals surface area contributed by atoms with Crippen LogP contribution >= 0.6 is 11.3 Å². The molecule has 31 heavy (non-hydrogen) atoms. The Kier molecular flexibility index (Phi) is 7.46. The minimum Gasteiger partial charge on any atom is -0.477 e. The van der Waals surface area contributed by atoms with Gasteiger partial charge in [0.25, 0.3) is 5.91 Å². The van der Waals surface area contributed by atoms with Crippen LogP contribution in [0.1, 0.15) is 80.8 Å². The number of carbonyl (C=O) groups is 2. The molecule has 170 valence electrons. The maximum atomic E-state index is 13.5. The molecule has 1 aromatic rings. The van der Waals surface area contributed by atoms with E-state index < -0.39 is 18.2 Å². The predicted molar refractivity (Wildman–Crippen MR) is 121 cm³/mol. The minimum absolute atomic E-state index is 0.130. The fourth-order valence-electron chi connectivity index (χ4n) is 4.35. The number of aliphatic hydroxyl groups is 1. The summed E-state index contributed by atoms with van der Waals surface area (Å²) < 4.78 is 5.89. The Hall–Kier alpha value is -1.88. The van der Waals surface area contributed by atoms with Crippen molar-refractivity contribution in [3.05, 3.63) is 15.8 Å². The smallest absolute Gasteiger partial charge is 0.348 e. The quantitative estimate of drug-likeness (QED) is 0.658. The summed E-state index contributed by atoms with van der Waals surface area (Å²) in [5, 5.41) is 19.7. The van der Waals surface area contributed by atoms with Crippen molar-refractivity contribution in [1.82, 2.24) is 0 Å². The predicted octanol–water partition coefficient (Wildman–Crippen LogP) is 4.30. The molecule has 1 amide bonds. The topological polar surface area (TPSA) is 87.1 Å². The minimum atomic E-state index is -1.06. The molecular weight excluding hydrogens is 414 g/mol. The summed E-state index contributed by atoms with van der Waals surface area (Å²) in [6, 6.07) is 1.54. The molecule has 0 spiro atoms. The number of carboxylic acid groups (broad SMARTS) is 1. The third-order valence-corrected chi connectivity index (χ3v) is 6.82. The molecule has 0 aromatic carbocycles. The second kappa shape index (κ2) is 9.72. The number of carbonyl (C=O) groups excluding carboxylic acids is 1. The largest absolute Gasteiger partial charge is 0.477 e. The average Bonchev–Trinajstić information content (AvgIpc) is 3.12. The molecule has 2 heterocycles. The van der Waals surface area contributed by atoms with Gasteiger partial charge in [0.15, 0.2) is 0 Å². The van der Waals surface area contributed by atoms with E-state index in [1.807, 2.05) is 20.8 Å². The fourth-order valence-corrected chi connectivity index (χ4v) is 5.19. The molecule has 2 aliphatic rings. The highest BCUT2D eigenvalue weighted by atomic mass is 32.1. The Morgan fingerprint density at radius 1 is 1.32 bits per heavy atom. The molecule has 1 aromatic heterocycles. The van der Waals surface area contributed by atoms with E-state index in [1.54, 1.807) is 17.9 Å². The van der Waals surface area contributed by atoms with Crippen LogP contribution in [0.4, 0.5) is 5.69 Å². The summed E-state index contributed by atoms with van der Waals surface area (Å²) in [6.45, 7) is 7.97. The van der Waals surface area contributed by atoms with Gasteiger partial charge in [-0.25, -0.2) is 4.79 Å². The van der Waals surface area contributed by atoms with Gasteiger partial charge in [-0.15, -0.1) is 11.3 Å². The van der Waals surface area contributed by atoms with Crippen LogP contribution in [0.2, 0.25) is 0 Å². The molecule has 1 aliphatic heterocycles. The van der Waals surface area contributed by atoms with Gasteiger partial charge >= 0.3 is 5.97 Å².